The van der Waals surface area contributed by atoms with Crippen molar-refractivity contribution in [3.05, 3.63) is 48.0 Å². The molecule has 0 aliphatic carbocycles. The second-order valence-electron chi connectivity index (χ2n) is 4.81. The Kier molecular flexibility index (Phi) is 3.74. The summed E-state index contributed by atoms with van der Waals surface area (Å²) in [4.78, 5) is 14.3. The minimum absolute atomic E-state index is 0.261. The number of hydrogen-bond donors (Lipinski definition) is 0. The minimum atomic E-state index is 0.261. The van der Waals surface area contributed by atoms with Gasteiger partial charge in [-0.05, 0) is 16.3 Å². The largest absolute Gasteiger partial charge is 0.341 e. The molecule has 98 valence electrons. The molecule has 2 aromatic carbocycles. The minimum Gasteiger partial charge on any atom is -0.341 e. The average molecular weight is 271 g/mol. The first kappa shape index (κ1) is 12.5. The molecule has 3 rings (SSSR count). The van der Waals surface area contributed by atoms with Gasteiger partial charge in [-0.15, -0.1) is 0 Å². The number of carbonyl (C=O) groups excluding carboxylic acids is 1. The Morgan fingerprint density at radius 3 is 2.63 bits per heavy atom. The SMILES string of the molecule is O=C(Cc1cccc2ccccc12)N1CCSCC1. The molecule has 2 nitrogen and oxygen atoms in total. The Labute approximate surface area is 117 Å². The normalized spacial score (nSPS) is 15.7. The van der Waals surface area contributed by atoms with E-state index in [9.17, 15) is 4.79 Å². The number of benzene rings is 2. The monoisotopic (exact) mass is 271 g/mol. The molecule has 1 saturated heterocycles. The summed E-state index contributed by atoms with van der Waals surface area (Å²) in [5.74, 6) is 2.40. The Balaban J connectivity index is 1.82. The quantitative estimate of drug-likeness (QED) is 0.837. The zero-order valence-corrected chi connectivity index (χ0v) is 11.7. The van der Waals surface area contributed by atoms with E-state index in [0.717, 1.165) is 30.2 Å². The van der Waals surface area contributed by atoms with Gasteiger partial charge in [0.25, 0.3) is 0 Å². The van der Waals surface area contributed by atoms with Gasteiger partial charge in [0, 0.05) is 24.6 Å². The Morgan fingerprint density at radius 1 is 1.05 bits per heavy atom. The molecule has 19 heavy (non-hydrogen) atoms. The molecule has 1 amide bonds. The third-order valence-electron chi connectivity index (χ3n) is 3.59. The first-order chi connectivity index (χ1) is 9.34. The van der Waals surface area contributed by atoms with Crippen LogP contribution in [0.4, 0.5) is 0 Å². The molecule has 1 aliphatic rings. The van der Waals surface area contributed by atoms with E-state index in [-0.39, 0.29) is 5.91 Å². The Morgan fingerprint density at radius 2 is 1.79 bits per heavy atom. The summed E-state index contributed by atoms with van der Waals surface area (Å²) in [5.41, 5.74) is 1.14. The van der Waals surface area contributed by atoms with E-state index in [1.165, 1.54) is 10.8 Å². The molecule has 0 saturated carbocycles. The molecule has 0 N–H and O–H groups in total. The molecule has 0 aromatic heterocycles. The highest BCUT2D eigenvalue weighted by Gasteiger charge is 2.17. The molecule has 0 bridgehead atoms. The van der Waals surface area contributed by atoms with Gasteiger partial charge in [-0.2, -0.15) is 11.8 Å². The molecular formula is C16H17NOS. The predicted octanol–water partition coefficient (Wildman–Crippen LogP) is 2.96. The molecule has 1 aliphatic heterocycles. The van der Waals surface area contributed by atoms with E-state index in [2.05, 4.69) is 24.3 Å². The van der Waals surface area contributed by atoms with Crippen molar-refractivity contribution in [2.75, 3.05) is 24.6 Å². The van der Waals surface area contributed by atoms with Gasteiger partial charge < -0.3 is 4.90 Å². The van der Waals surface area contributed by atoms with Crippen molar-refractivity contribution in [1.29, 1.82) is 0 Å². The average Bonchev–Trinajstić information content (AvgIpc) is 2.48. The van der Waals surface area contributed by atoms with E-state index < -0.39 is 0 Å². The topological polar surface area (TPSA) is 20.3 Å². The van der Waals surface area contributed by atoms with Crippen LogP contribution in [0.3, 0.4) is 0 Å². The van der Waals surface area contributed by atoms with Crippen molar-refractivity contribution in [3.8, 4) is 0 Å². The smallest absolute Gasteiger partial charge is 0.227 e. The van der Waals surface area contributed by atoms with Crippen LogP contribution in [0.2, 0.25) is 0 Å². The maximum Gasteiger partial charge on any atom is 0.227 e. The standard InChI is InChI=1S/C16H17NOS/c18-16(17-8-10-19-11-9-17)12-14-6-3-5-13-4-1-2-7-15(13)14/h1-7H,8-12H2. The van der Waals surface area contributed by atoms with Crippen LogP contribution in [0.25, 0.3) is 10.8 Å². The van der Waals surface area contributed by atoms with Crippen LogP contribution in [-0.4, -0.2) is 35.4 Å². The van der Waals surface area contributed by atoms with Crippen molar-refractivity contribution in [2.24, 2.45) is 0 Å². The maximum atomic E-state index is 12.3. The Bertz CT molecular complexity index is 585. The summed E-state index contributed by atoms with van der Waals surface area (Å²) in [7, 11) is 0. The van der Waals surface area contributed by atoms with Crippen LogP contribution in [0.1, 0.15) is 5.56 Å². The molecule has 1 fully saturated rings. The fourth-order valence-corrected chi connectivity index (χ4v) is 3.44. The highest BCUT2D eigenvalue weighted by atomic mass is 32.2. The third kappa shape index (κ3) is 2.76. The second kappa shape index (κ2) is 5.66. The van der Waals surface area contributed by atoms with Gasteiger partial charge in [0.05, 0.1) is 6.42 Å². The van der Waals surface area contributed by atoms with Gasteiger partial charge in [0.15, 0.2) is 0 Å². The fourth-order valence-electron chi connectivity index (χ4n) is 2.53. The van der Waals surface area contributed by atoms with Crippen LogP contribution < -0.4 is 0 Å². The van der Waals surface area contributed by atoms with E-state index in [0.29, 0.717) is 6.42 Å². The van der Waals surface area contributed by atoms with Crippen LogP contribution in [0, 0.1) is 0 Å². The highest BCUT2D eigenvalue weighted by Crippen LogP contribution is 2.20. The number of hydrogen-bond acceptors (Lipinski definition) is 2. The number of fused-ring (bicyclic) bond motifs is 1. The van der Waals surface area contributed by atoms with E-state index >= 15 is 0 Å². The van der Waals surface area contributed by atoms with Crippen molar-refractivity contribution in [3.63, 3.8) is 0 Å². The van der Waals surface area contributed by atoms with Gasteiger partial charge in [-0.25, -0.2) is 0 Å². The first-order valence-corrected chi connectivity index (χ1v) is 7.82. The molecule has 0 atom stereocenters. The van der Waals surface area contributed by atoms with Gasteiger partial charge in [-0.3, -0.25) is 4.79 Å². The lowest BCUT2D eigenvalue weighted by atomic mass is 10.0. The van der Waals surface area contributed by atoms with Gasteiger partial charge >= 0.3 is 0 Å². The number of rotatable bonds is 2. The van der Waals surface area contributed by atoms with Gasteiger partial charge in [0.2, 0.25) is 5.91 Å². The third-order valence-corrected chi connectivity index (χ3v) is 4.53. The summed E-state index contributed by atoms with van der Waals surface area (Å²) in [6.07, 6.45) is 0.520. The molecule has 0 spiro atoms. The summed E-state index contributed by atoms with van der Waals surface area (Å²) >= 11 is 1.93. The second-order valence-corrected chi connectivity index (χ2v) is 6.03. The van der Waals surface area contributed by atoms with Crippen molar-refractivity contribution < 1.29 is 4.79 Å². The molecular weight excluding hydrogens is 254 g/mol. The van der Waals surface area contributed by atoms with E-state index in [4.69, 9.17) is 0 Å². The molecule has 0 unspecified atom stereocenters. The lowest BCUT2D eigenvalue weighted by Crippen LogP contribution is -2.38. The van der Waals surface area contributed by atoms with E-state index in [1.807, 2.05) is 34.9 Å². The summed E-state index contributed by atoms with van der Waals surface area (Å²) in [5, 5.41) is 2.41. The zero-order valence-electron chi connectivity index (χ0n) is 10.8. The van der Waals surface area contributed by atoms with Crippen LogP contribution in [0.15, 0.2) is 42.5 Å². The molecule has 0 radical (unpaired) electrons. The summed E-state index contributed by atoms with van der Waals surface area (Å²) in [6, 6.07) is 14.5. The summed E-state index contributed by atoms with van der Waals surface area (Å²) < 4.78 is 0. The lowest BCUT2D eigenvalue weighted by molar-refractivity contribution is -0.130. The number of nitrogens with zero attached hydrogens (tertiary/aromatic N) is 1. The lowest BCUT2D eigenvalue weighted by Gasteiger charge is -2.26. The maximum absolute atomic E-state index is 12.3. The fraction of sp³-hybridized carbons (Fsp3) is 0.312. The molecule has 2 aromatic rings. The van der Waals surface area contributed by atoms with Crippen LogP contribution in [0.5, 0.6) is 0 Å². The predicted molar refractivity (Wildman–Crippen MR) is 81.6 cm³/mol. The highest BCUT2D eigenvalue weighted by molar-refractivity contribution is 7.99. The van der Waals surface area contributed by atoms with Crippen molar-refractivity contribution >= 4 is 28.4 Å². The van der Waals surface area contributed by atoms with Crippen molar-refractivity contribution in [1.82, 2.24) is 4.90 Å². The van der Waals surface area contributed by atoms with Crippen LogP contribution in [-0.2, 0) is 11.2 Å². The number of carbonyl (C=O) groups is 1. The van der Waals surface area contributed by atoms with Gasteiger partial charge in [-0.1, -0.05) is 42.5 Å². The van der Waals surface area contributed by atoms with Crippen LogP contribution >= 0.6 is 11.8 Å². The molecule has 1 heterocycles. The van der Waals surface area contributed by atoms with E-state index in [1.54, 1.807) is 0 Å². The first-order valence-electron chi connectivity index (χ1n) is 6.67. The Hall–Kier alpha value is -1.48. The number of amides is 1. The zero-order chi connectivity index (χ0) is 13.1. The van der Waals surface area contributed by atoms with Gasteiger partial charge in [0.1, 0.15) is 0 Å². The summed E-state index contributed by atoms with van der Waals surface area (Å²) in [6.45, 7) is 1.79. The number of thioether (sulfide) groups is 1. The van der Waals surface area contributed by atoms with Crippen molar-refractivity contribution in [2.45, 2.75) is 6.42 Å². The molecule has 3 heteroatoms.